The van der Waals surface area contributed by atoms with Crippen LogP contribution in [0.25, 0.3) is 11.1 Å². The number of ketones is 1. The predicted octanol–water partition coefficient (Wildman–Crippen LogP) is 5.82. The van der Waals surface area contributed by atoms with E-state index in [1.165, 1.54) is 23.9 Å². The minimum atomic E-state index is -0.963. The zero-order valence-electron chi connectivity index (χ0n) is 22.5. The molecule has 202 valence electrons. The molecule has 4 rings (SSSR count). The van der Waals surface area contributed by atoms with Gasteiger partial charge in [-0.1, -0.05) is 25.4 Å². The lowest BCUT2D eigenvalue weighted by Gasteiger charge is -2.27. The summed E-state index contributed by atoms with van der Waals surface area (Å²) in [7, 11) is 1.48. The molecule has 0 spiro atoms. The van der Waals surface area contributed by atoms with Crippen LogP contribution in [0, 0.1) is 0 Å². The molecule has 0 bridgehead atoms. The summed E-state index contributed by atoms with van der Waals surface area (Å²) >= 11 is 6.26. The van der Waals surface area contributed by atoms with Crippen LogP contribution < -0.4 is 10.3 Å². The number of benzene rings is 1. The van der Waals surface area contributed by atoms with E-state index in [2.05, 4.69) is 5.10 Å². The van der Waals surface area contributed by atoms with Gasteiger partial charge in [0.2, 0.25) is 0 Å². The van der Waals surface area contributed by atoms with Crippen molar-refractivity contribution in [2.24, 2.45) is 0 Å². The Balaban J connectivity index is 1.80. The molecule has 9 heteroatoms. The van der Waals surface area contributed by atoms with Gasteiger partial charge in [0.15, 0.2) is 5.78 Å². The molecule has 1 unspecified atom stereocenters. The van der Waals surface area contributed by atoms with Gasteiger partial charge in [-0.2, -0.15) is 5.10 Å². The van der Waals surface area contributed by atoms with Crippen molar-refractivity contribution in [1.29, 1.82) is 0 Å². The van der Waals surface area contributed by atoms with Crippen LogP contribution in [0.4, 0.5) is 0 Å². The molecule has 1 aromatic carbocycles. The first-order valence-electron chi connectivity index (χ1n) is 13.0. The number of ether oxygens (including phenoxy) is 2. The number of carbonyl (C=O) groups is 2. The van der Waals surface area contributed by atoms with E-state index < -0.39 is 23.2 Å². The number of hydrogen-bond acceptors (Lipinski definition) is 6. The fourth-order valence-electron chi connectivity index (χ4n) is 4.25. The Hall–Kier alpha value is -3.39. The molecule has 0 radical (unpaired) electrons. The molecular weight excluding hydrogens is 506 g/mol. The van der Waals surface area contributed by atoms with Crippen molar-refractivity contribution in [2.45, 2.75) is 77.5 Å². The number of carbonyl (C=O) groups excluding carboxylic acids is 2. The summed E-state index contributed by atoms with van der Waals surface area (Å²) in [5, 5.41) is 5.06. The number of rotatable bonds is 11. The van der Waals surface area contributed by atoms with E-state index in [0.717, 1.165) is 12.8 Å². The highest BCUT2D eigenvalue weighted by molar-refractivity contribution is 6.31. The van der Waals surface area contributed by atoms with Crippen LogP contribution in [0.5, 0.6) is 5.75 Å². The predicted molar refractivity (Wildman–Crippen MR) is 146 cm³/mol. The number of nitrogens with zero attached hydrogens (tertiary/aromatic N) is 3. The molecule has 1 saturated carbocycles. The first-order valence-corrected chi connectivity index (χ1v) is 13.3. The van der Waals surface area contributed by atoms with E-state index >= 15 is 0 Å². The van der Waals surface area contributed by atoms with Gasteiger partial charge in [0, 0.05) is 41.3 Å². The molecule has 2 aromatic heterocycles. The largest absolute Gasteiger partial charge is 0.495 e. The Labute approximate surface area is 227 Å². The lowest BCUT2D eigenvalue weighted by Crippen LogP contribution is -2.37. The minimum absolute atomic E-state index is 0.0857. The van der Waals surface area contributed by atoms with E-state index in [1.54, 1.807) is 25.1 Å². The van der Waals surface area contributed by atoms with Gasteiger partial charge in [0.25, 0.3) is 5.56 Å². The van der Waals surface area contributed by atoms with Gasteiger partial charge < -0.3 is 9.47 Å². The summed E-state index contributed by atoms with van der Waals surface area (Å²) in [4.78, 5) is 39.7. The molecule has 0 N–H and O–H groups in total. The molecule has 8 nitrogen and oxygen atoms in total. The Morgan fingerprint density at radius 1 is 1.16 bits per heavy atom. The van der Waals surface area contributed by atoms with Crippen molar-refractivity contribution in [3.8, 4) is 16.9 Å². The van der Waals surface area contributed by atoms with Crippen molar-refractivity contribution in [1.82, 2.24) is 14.3 Å². The summed E-state index contributed by atoms with van der Waals surface area (Å²) < 4.78 is 14.7. The lowest BCUT2D eigenvalue weighted by atomic mass is 9.96. The molecule has 3 aromatic rings. The van der Waals surface area contributed by atoms with Gasteiger partial charge >= 0.3 is 5.97 Å². The van der Waals surface area contributed by atoms with Gasteiger partial charge in [-0.05, 0) is 62.9 Å². The van der Waals surface area contributed by atoms with Crippen molar-refractivity contribution in [3.05, 3.63) is 69.4 Å². The number of methoxy groups -OCH3 is 1. The van der Waals surface area contributed by atoms with E-state index in [-0.39, 0.29) is 12.2 Å². The zero-order valence-corrected chi connectivity index (χ0v) is 23.2. The number of esters is 1. The van der Waals surface area contributed by atoms with Crippen LogP contribution in [0.15, 0.2) is 47.5 Å². The van der Waals surface area contributed by atoms with Crippen LogP contribution in [0.1, 0.15) is 81.5 Å². The minimum Gasteiger partial charge on any atom is -0.495 e. The molecule has 0 saturated heterocycles. The monoisotopic (exact) mass is 539 g/mol. The number of Topliss-reactive ketones (excluding diaryl/α,β-unsaturated/α-hetero) is 1. The average Bonchev–Trinajstić information content (AvgIpc) is 3.64. The van der Waals surface area contributed by atoms with Gasteiger partial charge in [-0.25, -0.2) is 4.79 Å². The van der Waals surface area contributed by atoms with Crippen molar-refractivity contribution < 1.29 is 19.1 Å². The second kappa shape index (κ2) is 11.2. The molecule has 1 aliphatic rings. The quantitative estimate of drug-likeness (QED) is 0.225. The highest BCUT2D eigenvalue weighted by Gasteiger charge is 2.32. The van der Waals surface area contributed by atoms with Crippen LogP contribution >= 0.6 is 11.6 Å². The average molecular weight is 540 g/mol. The smallest absolute Gasteiger partial charge is 0.330 e. The fraction of sp³-hybridized carbons (Fsp3) is 0.448. The van der Waals surface area contributed by atoms with Crippen molar-refractivity contribution >= 4 is 23.4 Å². The highest BCUT2D eigenvalue weighted by Crippen LogP contribution is 2.36. The first kappa shape index (κ1) is 27.6. The summed E-state index contributed by atoms with van der Waals surface area (Å²) in [5.41, 5.74) is 0.917. The van der Waals surface area contributed by atoms with Crippen LogP contribution in [0.2, 0.25) is 5.02 Å². The van der Waals surface area contributed by atoms with Crippen molar-refractivity contribution in [3.63, 3.8) is 0 Å². The topological polar surface area (TPSA) is 92.4 Å². The standard InChI is InChI=1S/C29H34ClN3O5/c1-6-25(34)21-11-8-18(30)14-22(21)23-16-27(35)32(17-26(23)37-5)24(28(36)38-29(3,4)7-2)15-19-12-13-33(31-19)20-9-10-20/h8,11-14,16-17,20,24H,6-7,9-10,15H2,1-5H3. The number of pyridine rings is 1. The summed E-state index contributed by atoms with van der Waals surface area (Å²) in [6, 6.07) is 7.62. The van der Waals surface area contributed by atoms with Crippen molar-refractivity contribution in [2.75, 3.05) is 7.11 Å². The van der Waals surface area contributed by atoms with Gasteiger partial charge in [0.1, 0.15) is 17.4 Å². The number of halogens is 1. The molecule has 2 heterocycles. The van der Waals surface area contributed by atoms with Crippen LogP contribution in [-0.2, 0) is 16.0 Å². The van der Waals surface area contributed by atoms with E-state index in [0.29, 0.717) is 52.0 Å². The number of aromatic nitrogens is 3. The molecule has 1 aliphatic carbocycles. The molecule has 1 atom stereocenters. The van der Waals surface area contributed by atoms with Gasteiger partial charge in [0.05, 0.1) is 25.0 Å². The molecular formula is C29H34ClN3O5. The summed E-state index contributed by atoms with van der Waals surface area (Å²) in [6.07, 6.45) is 6.66. The normalized spacial score (nSPS) is 14.3. The Bertz CT molecular complexity index is 1400. The maximum Gasteiger partial charge on any atom is 0.330 e. The lowest BCUT2D eigenvalue weighted by molar-refractivity contribution is -0.161. The highest BCUT2D eigenvalue weighted by atomic mass is 35.5. The van der Waals surface area contributed by atoms with Gasteiger partial charge in [-0.15, -0.1) is 0 Å². The fourth-order valence-corrected chi connectivity index (χ4v) is 4.42. The third-order valence-corrected chi connectivity index (χ3v) is 7.22. The van der Waals surface area contributed by atoms with E-state index in [1.807, 2.05) is 37.7 Å². The zero-order chi connectivity index (χ0) is 27.6. The molecule has 0 amide bonds. The van der Waals surface area contributed by atoms with Crippen LogP contribution in [0.3, 0.4) is 0 Å². The third-order valence-electron chi connectivity index (χ3n) is 6.98. The van der Waals surface area contributed by atoms with Crippen LogP contribution in [-0.4, -0.2) is 38.8 Å². The van der Waals surface area contributed by atoms with E-state index in [4.69, 9.17) is 21.1 Å². The second-order valence-electron chi connectivity index (χ2n) is 10.2. The SMILES string of the molecule is CCC(=O)c1ccc(Cl)cc1-c1cc(=O)n(C(Cc2ccn(C3CC3)n2)C(=O)OC(C)(C)CC)cc1OC. The Morgan fingerprint density at radius 3 is 2.53 bits per heavy atom. The second-order valence-corrected chi connectivity index (χ2v) is 10.7. The molecule has 1 fully saturated rings. The molecule has 38 heavy (non-hydrogen) atoms. The Kier molecular flexibility index (Phi) is 8.11. The number of hydrogen-bond donors (Lipinski definition) is 0. The first-order chi connectivity index (χ1) is 18.1. The maximum absolute atomic E-state index is 13.6. The Morgan fingerprint density at radius 2 is 1.89 bits per heavy atom. The molecule has 0 aliphatic heterocycles. The third kappa shape index (κ3) is 6.01. The summed E-state index contributed by atoms with van der Waals surface area (Å²) in [5.74, 6) is -0.287. The summed E-state index contributed by atoms with van der Waals surface area (Å²) in [6.45, 7) is 7.38. The maximum atomic E-state index is 13.6. The van der Waals surface area contributed by atoms with E-state index in [9.17, 15) is 14.4 Å². The van der Waals surface area contributed by atoms with Gasteiger partial charge in [-0.3, -0.25) is 18.8 Å².